The first-order chi connectivity index (χ1) is 3.72. The summed E-state index contributed by atoms with van der Waals surface area (Å²) in [5.41, 5.74) is 2.79. The van der Waals surface area contributed by atoms with E-state index in [1.807, 2.05) is 0 Å². The van der Waals surface area contributed by atoms with E-state index < -0.39 is 0 Å². The monoisotopic (exact) mass is 254 g/mol. The zero-order chi connectivity index (χ0) is 6.15. The predicted molar refractivity (Wildman–Crippen MR) is 29.9 cm³/mol. The van der Waals surface area contributed by atoms with Crippen LogP contribution in [0.4, 0.5) is 0 Å². The zero-order valence-corrected chi connectivity index (χ0v) is 9.80. The summed E-state index contributed by atoms with van der Waals surface area (Å²) in [6.07, 6.45) is 2.05. The molecule has 0 atom stereocenters. The quantitative estimate of drug-likeness (QED) is 0.478. The van der Waals surface area contributed by atoms with Gasteiger partial charge < -0.3 is 24.8 Å². The summed E-state index contributed by atoms with van der Waals surface area (Å²) in [5, 5.41) is 0. The number of aryl methyl sites for hydroxylation is 1. The number of rotatable bonds is 0. The van der Waals surface area contributed by atoms with Crippen molar-refractivity contribution in [1.82, 2.24) is 4.98 Å². The molecule has 0 amide bonds. The van der Waals surface area contributed by atoms with Crippen LogP contribution in [-0.4, -0.2) is 4.98 Å². The smallest absolute Gasteiger partial charge is 1.00 e. The Morgan fingerprint density at radius 2 is 1.80 bits per heavy atom. The van der Waals surface area contributed by atoms with E-state index in [0.29, 0.717) is 0 Å². The average Bonchev–Trinajstić information content (AvgIpc) is 1.98. The molecular formula is C6H8Cl2NZr. The number of aromatic amines is 1. The Bertz CT molecular complexity index is 178. The van der Waals surface area contributed by atoms with Gasteiger partial charge in [-0.15, -0.1) is 0 Å². The zero-order valence-electron chi connectivity index (χ0n) is 5.83. The van der Waals surface area contributed by atoms with Crippen LogP contribution in [0.25, 0.3) is 0 Å². The third-order valence-electron chi connectivity index (χ3n) is 1.40. The fourth-order valence-electron chi connectivity index (χ4n) is 0.594. The molecule has 0 saturated carbocycles. The molecule has 4 heteroatoms. The first kappa shape index (κ1) is 13.3. The van der Waals surface area contributed by atoms with Crippen LogP contribution >= 0.6 is 0 Å². The molecule has 1 nitrogen and oxygen atoms in total. The second-order valence-electron chi connectivity index (χ2n) is 1.97. The number of aromatic nitrogens is 1. The second-order valence-corrected chi connectivity index (χ2v) is 3.20. The van der Waals surface area contributed by atoms with Gasteiger partial charge in [-0.05, 0) is 0 Å². The molecule has 0 saturated heterocycles. The van der Waals surface area contributed by atoms with E-state index in [9.17, 15) is 0 Å². The Morgan fingerprint density at radius 3 is 1.90 bits per heavy atom. The summed E-state index contributed by atoms with van der Waals surface area (Å²) in [5.74, 6) is 0. The normalized spacial score (nSPS) is 8.00. The van der Waals surface area contributed by atoms with Crippen LogP contribution in [0.3, 0.4) is 0 Å². The van der Waals surface area contributed by atoms with Crippen molar-refractivity contribution in [3.63, 3.8) is 0 Å². The van der Waals surface area contributed by atoms with Gasteiger partial charge in [-0.2, -0.15) is 0 Å². The summed E-state index contributed by atoms with van der Waals surface area (Å²) in [6, 6.07) is 0. The van der Waals surface area contributed by atoms with Gasteiger partial charge in [0.05, 0.1) is 0 Å². The predicted octanol–water partition coefficient (Wildman–Crippen LogP) is -5.19. The summed E-state index contributed by atoms with van der Waals surface area (Å²) in [6.45, 7) is 4.27. The van der Waals surface area contributed by atoms with Crippen LogP contribution in [0.1, 0.15) is 11.1 Å². The Morgan fingerprint density at radius 1 is 1.30 bits per heavy atom. The maximum atomic E-state index is 3.18. The minimum atomic E-state index is 0. The largest absolute Gasteiger partial charge is 1.00 e. The molecule has 0 aliphatic rings. The van der Waals surface area contributed by atoms with Crippen LogP contribution in [0.2, 0.25) is 0 Å². The average molecular weight is 256 g/mol. The van der Waals surface area contributed by atoms with Crippen molar-refractivity contribution in [2.45, 2.75) is 13.8 Å². The molecule has 0 aliphatic heterocycles. The van der Waals surface area contributed by atoms with E-state index >= 15 is 0 Å². The fourth-order valence-corrected chi connectivity index (χ4v) is 1.26. The Labute approximate surface area is 88.6 Å². The van der Waals surface area contributed by atoms with Gasteiger partial charge >= 0.3 is 64.3 Å². The molecule has 0 fully saturated rings. The molecule has 1 aromatic rings. The van der Waals surface area contributed by atoms with Gasteiger partial charge in [0.15, 0.2) is 0 Å². The van der Waals surface area contributed by atoms with Gasteiger partial charge in [0, 0.05) is 0 Å². The van der Waals surface area contributed by atoms with Crippen LogP contribution < -0.4 is 28.2 Å². The molecule has 1 N–H and O–H groups in total. The van der Waals surface area contributed by atoms with Gasteiger partial charge in [-0.25, -0.2) is 0 Å². The Hall–Kier alpha value is 0.743. The standard InChI is InChI=1S/C6H8N.2ClH.Zr/c1-5-3-7-4-6(5)2;;;/h3,7H,1-2H3;2*1H;/q;;;+2/p-2. The molecule has 1 aromatic heterocycles. The van der Waals surface area contributed by atoms with Crippen LogP contribution in [-0.2, 0) is 24.7 Å². The minimum Gasteiger partial charge on any atom is -1.00 e. The van der Waals surface area contributed by atoms with Gasteiger partial charge in [-0.3, -0.25) is 0 Å². The first-order valence-electron chi connectivity index (χ1n) is 2.58. The van der Waals surface area contributed by atoms with Crippen molar-refractivity contribution >= 4 is 3.40 Å². The number of nitrogens with one attached hydrogen (secondary N) is 1. The first-order valence-corrected chi connectivity index (χ1v) is 3.81. The van der Waals surface area contributed by atoms with Crippen molar-refractivity contribution in [1.29, 1.82) is 0 Å². The summed E-state index contributed by atoms with van der Waals surface area (Å²) >= 11 is 1.47. The van der Waals surface area contributed by atoms with E-state index in [0.717, 1.165) is 0 Å². The topological polar surface area (TPSA) is 15.8 Å². The minimum absolute atomic E-state index is 0. The van der Waals surface area contributed by atoms with Crippen LogP contribution in [0.5, 0.6) is 0 Å². The van der Waals surface area contributed by atoms with Crippen molar-refractivity contribution in [2.24, 2.45) is 0 Å². The second kappa shape index (κ2) is 5.40. The van der Waals surface area contributed by atoms with Crippen LogP contribution in [0, 0.1) is 13.8 Å². The summed E-state index contributed by atoms with van der Waals surface area (Å²) in [7, 11) is 0. The Kier molecular flexibility index (Phi) is 7.21. The van der Waals surface area contributed by atoms with Gasteiger partial charge in [-0.1, -0.05) is 0 Å². The van der Waals surface area contributed by atoms with Gasteiger partial charge in [0.2, 0.25) is 0 Å². The molecule has 55 valence electrons. The third kappa shape index (κ3) is 2.78. The van der Waals surface area contributed by atoms with Gasteiger partial charge in [0.1, 0.15) is 0 Å². The van der Waals surface area contributed by atoms with Crippen molar-refractivity contribution in [2.75, 3.05) is 0 Å². The number of halogens is 2. The van der Waals surface area contributed by atoms with E-state index in [-0.39, 0.29) is 24.8 Å². The molecule has 1 heterocycles. The fraction of sp³-hybridized carbons (Fsp3) is 0.333. The maximum Gasteiger partial charge on any atom is -1.00 e. The molecule has 0 aromatic carbocycles. The molecule has 0 radical (unpaired) electrons. The Balaban J connectivity index is 0. The molecule has 0 unspecified atom stereocenters. The van der Waals surface area contributed by atoms with Crippen molar-refractivity contribution < 1.29 is 49.5 Å². The van der Waals surface area contributed by atoms with Crippen LogP contribution in [0.15, 0.2) is 6.20 Å². The summed E-state index contributed by atoms with van der Waals surface area (Å²) < 4.78 is 1.37. The molecule has 10 heavy (non-hydrogen) atoms. The molecule has 0 spiro atoms. The van der Waals surface area contributed by atoms with E-state index in [1.54, 1.807) is 0 Å². The van der Waals surface area contributed by atoms with E-state index in [1.165, 1.54) is 39.2 Å². The number of H-pyrrole nitrogens is 1. The van der Waals surface area contributed by atoms with E-state index in [4.69, 9.17) is 0 Å². The maximum absolute atomic E-state index is 3.18. The third-order valence-corrected chi connectivity index (χ3v) is 2.68. The molecular weight excluding hydrogens is 248 g/mol. The summed E-state index contributed by atoms with van der Waals surface area (Å²) in [4.78, 5) is 3.18. The SMILES string of the molecule is Cc1c[nH][c]([Zr+2])c1C.[Cl-].[Cl-]. The molecule has 0 aliphatic carbocycles. The molecule has 0 bridgehead atoms. The van der Waals surface area contributed by atoms with E-state index in [2.05, 4.69) is 25.0 Å². The van der Waals surface area contributed by atoms with Crippen molar-refractivity contribution in [3.05, 3.63) is 17.3 Å². The molecule has 1 rings (SSSR count). The van der Waals surface area contributed by atoms with Crippen molar-refractivity contribution in [3.8, 4) is 0 Å². The number of hydrogen-bond donors (Lipinski definition) is 1. The van der Waals surface area contributed by atoms with Gasteiger partial charge in [0.25, 0.3) is 0 Å². The number of hydrogen-bond acceptors (Lipinski definition) is 0.